The Kier molecular flexibility index (Phi) is 6.79. The molecule has 0 saturated heterocycles. The van der Waals surface area contributed by atoms with E-state index in [0.29, 0.717) is 22.9 Å². The zero-order chi connectivity index (χ0) is 24.3. The van der Waals surface area contributed by atoms with E-state index in [-0.39, 0.29) is 27.1 Å². The zero-order valence-electron chi connectivity index (χ0n) is 18.8. The molecule has 0 atom stereocenters. The second-order valence-corrected chi connectivity index (χ2v) is 11.8. The highest BCUT2D eigenvalue weighted by Crippen LogP contribution is 2.31. The molecule has 0 bridgehead atoms. The second kappa shape index (κ2) is 9.61. The van der Waals surface area contributed by atoms with Gasteiger partial charge in [-0.1, -0.05) is 44.2 Å². The fraction of sp³-hybridized carbons (Fsp3) is 0.200. The molecular weight excluding hydrogens is 470 g/mol. The summed E-state index contributed by atoms with van der Waals surface area (Å²) in [6, 6.07) is 18.2. The topological polar surface area (TPSA) is 106 Å². The molecule has 0 saturated carbocycles. The van der Waals surface area contributed by atoms with Crippen LogP contribution < -0.4 is 4.72 Å². The maximum absolute atomic E-state index is 13.5. The average molecular weight is 496 g/mol. The van der Waals surface area contributed by atoms with E-state index < -0.39 is 19.9 Å². The van der Waals surface area contributed by atoms with Crippen LogP contribution in [0.2, 0.25) is 0 Å². The second-order valence-electron chi connectivity index (χ2n) is 8.16. The summed E-state index contributed by atoms with van der Waals surface area (Å²) in [4.78, 5) is 8.34. The molecule has 0 amide bonds. The molecule has 9 heteroatoms. The van der Waals surface area contributed by atoms with Crippen molar-refractivity contribution in [2.75, 3.05) is 6.54 Å². The summed E-state index contributed by atoms with van der Waals surface area (Å²) in [7, 11) is -7.99. The lowest BCUT2D eigenvalue weighted by molar-refractivity contribution is 0.578. The first kappa shape index (κ1) is 24.0. The van der Waals surface area contributed by atoms with Crippen LogP contribution in [0.15, 0.2) is 93.8 Å². The minimum Gasteiger partial charge on any atom is -0.261 e. The van der Waals surface area contributed by atoms with Crippen LogP contribution in [0.1, 0.15) is 31.0 Å². The van der Waals surface area contributed by atoms with Gasteiger partial charge in [0.2, 0.25) is 19.9 Å². The number of nitrogens with one attached hydrogen (secondary N) is 1. The monoisotopic (exact) mass is 495 g/mol. The molecular formula is C25H25N3O4S2. The first-order chi connectivity index (χ1) is 16.2. The third kappa shape index (κ3) is 4.86. The first-order valence-corrected chi connectivity index (χ1v) is 13.8. The normalized spacial score (nSPS) is 12.3. The van der Waals surface area contributed by atoms with Gasteiger partial charge in [-0.15, -0.1) is 0 Å². The largest absolute Gasteiger partial charge is 0.261 e. The van der Waals surface area contributed by atoms with Gasteiger partial charge >= 0.3 is 0 Å². The molecule has 2 aromatic carbocycles. The number of hydrogen-bond donors (Lipinski definition) is 1. The Bertz CT molecular complexity index is 1530. The lowest BCUT2D eigenvalue weighted by atomic mass is 10.0. The van der Waals surface area contributed by atoms with Gasteiger partial charge < -0.3 is 0 Å². The lowest BCUT2D eigenvalue weighted by Gasteiger charge is -2.16. The van der Waals surface area contributed by atoms with Gasteiger partial charge in [-0.25, -0.2) is 21.6 Å². The van der Waals surface area contributed by atoms with Gasteiger partial charge in [-0.3, -0.25) is 9.97 Å². The van der Waals surface area contributed by atoms with Crippen LogP contribution in [0.3, 0.4) is 0 Å². The SMILES string of the molecule is CC(C)c1ccc(S(=O)(=O)c2cccc3cccnc23)cc1S(=O)(=O)NCCc1ccccn1. The van der Waals surface area contributed by atoms with Crippen LogP contribution in [0, 0.1) is 0 Å². The molecule has 34 heavy (non-hydrogen) atoms. The molecule has 0 aliphatic heterocycles. The van der Waals surface area contributed by atoms with Crippen molar-refractivity contribution in [1.29, 1.82) is 0 Å². The lowest BCUT2D eigenvalue weighted by Crippen LogP contribution is -2.27. The molecule has 7 nitrogen and oxygen atoms in total. The summed E-state index contributed by atoms with van der Waals surface area (Å²) in [6.07, 6.45) is 3.60. The maximum atomic E-state index is 13.5. The summed E-state index contributed by atoms with van der Waals surface area (Å²) >= 11 is 0. The van der Waals surface area contributed by atoms with Crippen LogP contribution in [-0.4, -0.2) is 33.3 Å². The van der Waals surface area contributed by atoms with Crippen molar-refractivity contribution in [2.24, 2.45) is 0 Å². The van der Waals surface area contributed by atoms with Crippen LogP contribution in [0.4, 0.5) is 0 Å². The van der Waals surface area contributed by atoms with Crippen molar-refractivity contribution in [3.05, 3.63) is 90.4 Å². The summed E-state index contributed by atoms with van der Waals surface area (Å²) < 4.78 is 56.2. The minimum atomic E-state index is -4.02. The first-order valence-electron chi connectivity index (χ1n) is 10.8. The number of benzene rings is 2. The van der Waals surface area contributed by atoms with E-state index >= 15 is 0 Å². The van der Waals surface area contributed by atoms with Crippen LogP contribution in [0.5, 0.6) is 0 Å². The fourth-order valence-electron chi connectivity index (χ4n) is 3.75. The molecule has 4 rings (SSSR count). The van der Waals surface area contributed by atoms with Crippen molar-refractivity contribution in [2.45, 2.75) is 40.9 Å². The number of sulfone groups is 1. The van der Waals surface area contributed by atoms with Crippen LogP contribution >= 0.6 is 0 Å². The van der Waals surface area contributed by atoms with Crippen molar-refractivity contribution in [3.8, 4) is 0 Å². The molecule has 176 valence electrons. The summed E-state index contributed by atoms with van der Waals surface area (Å²) in [6.45, 7) is 3.87. The van der Waals surface area contributed by atoms with Gasteiger partial charge in [0.05, 0.1) is 20.2 Å². The number of aromatic nitrogens is 2. The van der Waals surface area contributed by atoms with Gasteiger partial charge in [0, 0.05) is 36.4 Å². The predicted molar refractivity (Wildman–Crippen MR) is 131 cm³/mol. The molecule has 0 spiro atoms. The Morgan fingerprint density at radius 1 is 0.824 bits per heavy atom. The molecule has 0 unspecified atom stereocenters. The van der Waals surface area contributed by atoms with Gasteiger partial charge in [-0.05, 0) is 47.9 Å². The highest BCUT2D eigenvalue weighted by atomic mass is 32.2. The van der Waals surface area contributed by atoms with E-state index in [9.17, 15) is 16.8 Å². The van der Waals surface area contributed by atoms with E-state index in [1.165, 1.54) is 24.4 Å². The van der Waals surface area contributed by atoms with E-state index in [1.807, 2.05) is 26.0 Å². The van der Waals surface area contributed by atoms with Gasteiger partial charge in [0.15, 0.2) is 0 Å². The quantitative estimate of drug-likeness (QED) is 0.394. The number of pyridine rings is 2. The zero-order valence-corrected chi connectivity index (χ0v) is 20.5. The Labute approximate surface area is 199 Å². The van der Waals surface area contributed by atoms with Gasteiger partial charge in [0.1, 0.15) is 0 Å². The van der Waals surface area contributed by atoms with Gasteiger partial charge in [-0.2, -0.15) is 0 Å². The third-order valence-electron chi connectivity index (χ3n) is 5.49. The standard InChI is InChI=1S/C25H25N3O4S2/c1-18(2)22-12-11-21(33(29,30)23-10-5-7-19-8-6-15-27-25(19)23)17-24(22)34(31,32)28-16-13-20-9-3-4-14-26-20/h3-12,14-15,17-18,28H,13,16H2,1-2H3. The Hall–Kier alpha value is -3.14. The number of rotatable bonds is 8. The highest BCUT2D eigenvalue weighted by molar-refractivity contribution is 7.92. The van der Waals surface area contributed by atoms with Crippen molar-refractivity contribution >= 4 is 30.8 Å². The van der Waals surface area contributed by atoms with Crippen molar-refractivity contribution in [1.82, 2.24) is 14.7 Å². The molecule has 2 heterocycles. The molecule has 0 aliphatic rings. The number of sulfonamides is 1. The van der Waals surface area contributed by atoms with Crippen LogP contribution in [0.25, 0.3) is 10.9 Å². The van der Waals surface area contributed by atoms with Crippen molar-refractivity contribution in [3.63, 3.8) is 0 Å². The number of nitrogens with zero attached hydrogens (tertiary/aromatic N) is 2. The minimum absolute atomic E-state index is 0.0364. The van der Waals surface area contributed by atoms with E-state index in [1.54, 1.807) is 42.6 Å². The molecule has 0 radical (unpaired) electrons. The highest BCUT2D eigenvalue weighted by Gasteiger charge is 2.26. The summed E-state index contributed by atoms with van der Waals surface area (Å²) in [5, 5.41) is 0.686. The summed E-state index contributed by atoms with van der Waals surface area (Å²) in [5.74, 6) is -0.127. The molecule has 0 fully saturated rings. The Morgan fingerprint density at radius 2 is 1.59 bits per heavy atom. The smallest absolute Gasteiger partial charge is 0.240 e. The summed E-state index contributed by atoms with van der Waals surface area (Å²) in [5.41, 5.74) is 1.64. The average Bonchev–Trinajstić information content (AvgIpc) is 2.83. The van der Waals surface area contributed by atoms with Gasteiger partial charge in [0.25, 0.3) is 0 Å². The van der Waals surface area contributed by atoms with E-state index in [4.69, 9.17) is 0 Å². The molecule has 1 N–H and O–H groups in total. The molecule has 4 aromatic rings. The molecule has 2 aromatic heterocycles. The predicted octanol–water partition coefficient (Wildman–Crippen LogP) is 4.11. The Balaban J connectivity index is 1.73. The van der Waals surface area contributed by atoms with Crippen LogP contribution in [-0.2, 0) is 26.3 Å². The third-order valence-corrected chi connectivity index (χ3v) is 8.79. The molecule has 0 aliphatic carbocycles. The van der Waals surface area contributed by atoms with Crippen molar-refractivity contribution < 1.29 is 16.8 Å². The number of fused-ring (bicyclic) bond motifs is 1. The maximum Gasteiger partial charge on any atom is 0.240 e. The van der Waals surface area contributed by atoms with E-state index in [2.05, 4.69) is 14.7 Å². The number of para-hydroxylation sites is 1. The fourth-order valence-corrected chi connectivity index (χ4v) is 6.70. The number of hydrogen-bond acceptors (Lipinski definition) is 6. The Morgan fingerprint density at radius 3 is 2.32 bits per heavy atom. The van der Waals surface area contributed by atoms with E-state index in [0.717, 1.165) is 5.69 Å².